The number of methoxy groups -OCH3 is 1. The van der Waals surface area contributed by atoms with E-state index in [-0.39, 0.29) is 5.91 Å². The van der Waals surface area contributed by atoms with Gasteiger partial charge in [0, 0.05) is 43.7 Å². The van der Waals surface area contributed by atoms with Crippen LogP contribution in [0.3, 0.4) is 0 Å². The lowest BCUT2D eigenvalue weighted by Crippen LogP contribution is -2.49. The van der Waals surface area contributed by atoms with E-state index in [4.69, 9.17) is 14.7 Å². The van der Waals surface area contributed by atoms with E-state index in [9.17, 15) is 4.79 Å². The van der Waals surface area contributed by atoms with E-state index >= 15 is 0 Å². The van der Waals surface area contributed by atoms with Gasteiger partial charge in [0.25, 0.3) is 5.91 Å². The van der Waals surface area contributed by atoms with E-state index in [0.29, 0.717) is 19.7 Å². The van der Waals surface area contributed by atoms with Gasteiger partial charge in [-0.15, -0.1) is 11.3 Å². The number of carbonyl (C=O) groups excluding carboxylic acids is 1. The molecule has 162 valence electrons. The van der Waals surface area contributed by atoms with Gasteiger partial charge in [0.15, 0.2) is 5.82 Å². The first-order valence-electron chi connectivity index (χ1n) is 11.0. The first-order valence-corrected chi connectivity index (χ1v) is 11.9. The van der Waals surface area contributed by atoms with Gasteiger partial charge in [-0.3, -0.25) is 4.79 Å². The fourth-order valence-corrected chi connectivity index (χ4v) is 5.88. The number of thiophene rings is 1. The summed E-state index contributed by atoms with van der Waals surface area (Å²) in [6, 6.07) is 7.84. The molecule has 0 saturated carbocycles. The van der Waals surface area contributed by atoms with E-state index in [1.54, 1.807) is 7.11 Å². The number of hydrogen-bond acceptors (Lipinski definition) is 6. The highest BCUT2D eigenvalue weighted by Gasteiger charge is 2.27. The summed E-state index contributed by atoms with van der Waals surface area (Å²) in [6.07, 6.45) is 4.75. The number of nitrogens with zero attached hydrogens (tertiary/aromatic N) is 4. The number of aromatic nitrogens is 2. The Morgan fingerprint density at radius 3 is 2.55 bits per heavy atom. The molecule has 0 unspecified atom stereocenters. The van der Waals surface area contributed by atoms with Crippen molar-refractivity contribution in [1.29, 1.82) is 0 Å². The van der Waals surface area contributed by atoms with Crippen molar-refractivity contribution in [2.45, 2.75) is 39.2 Å². The van der Waals surface area contributed by atoms with Gasteiger partial charge in [0.2, 0.25) is 0 Å². The summed E-state index contributed by atoms with van der Waals surface area (Å²) in [5.74, 6) is 1.88. The maximum atomic E-state index is 12.9. The zero-order valence-corrected chi connectivity index (χ0v) is 19.0. The molecule has 6 nitrogen and oxygen atoms in total. The van der Waals surface area contributed by atoms with E-state index in [2.05, 4.69) is 4.90 Å². The van der Waals surface area contributed by atoms with Crippen LogP contribution in [0.15, 0.2) is 24.3 Å². The van der Waals surface area contributed by atoms with Crippen LogP contribution in [-0.2, 0) is 24.2 Å². The molecular weight excluding hydrogens is 408 g/mol. The van der Waals surface area contributed by atoms with Crippen LogP contribution in [0.1, 0.15) is 45.0 Å². The fourth-order valence-electron chi connectivity index (χ4n) is 4.60. The van der Waals surface area contributed by atoms with Gasteiger partial charge in [-0.1, -0.05) is 17.7 Å². The molecule has 1 fully saturated rings. The standard InChI is InChI=1S/C24H28N4O2S/c1-16-7-9-17(10-8-16)24(29)28-13-11-27(12-14-28)22-21-18-5-3-4-6-19(18)31-23(21)26-20(25-22)15-30-2/h7-10H,3-6,11-15H2,1-2H3. The van der Waals surface area contributed by atoms with Crippen LogP contribution in [0.4, 0.5) is 5.82 Å². The van der Waals surface area contributed by atoms with Crippen LogP contribution in [0.5, 0.6) is 0 Å². The van der Waals surface area contributed by atoms with Crippen molar-refractivity contribution in [2.75, 3.05) is 38.2 Å². The Hall–Kier alpha value is -2.51. The van der Waals surface area contributed by atoms with Crippen LogP contribution >= 0.6 is 11.3 Å². The van der Waals surface area contributed by atoms with E-state index < -0.39 is 0 Å². The van der Waals surface area contributed by atoms with Gasteiger partial charge >= 0.3 is 0 Å². The van der Waals surface area contributed by atoms with Gasteiger partial charge in [-0.25, -0.2) is 9.97 Å². The second kappa shape index (κ2) is 8.55. The molecule has 0 spiro atoms. The average molecular weight is 437 g/mol. The quantitative estimate of drug-likeness (QED) is 0.619. The summed E-state index contributed by atoms with van der Waals surface area (Å²) in [7, 11) is 1.68. The molecule has 1 amide bonds. The molecule has 0 atom stereocenters. The van der Waals surface area contributed by atoms with E-state index in [1.165, 1.54) is 34.2 Å². The molecule has 2 aromatic heterocycles. The molecule has 1 aliphatic carbocycles. The molecule has 1 aliphatic heterocycles. The SMILES string of the molecule is COCc1nc(N2CCN(C(=O)c3ccc(C)cc3)CC2)c2c3c(sc2n1)CCCC3. The van der Waals surface area contributed by atoms with E-state index in [1.807, 2.05) is 47.4 Å². The van der Waals surface area contributed by atoms with Crippen molar-refractivity contribution < 1.29 is 9.53 Å². The summed E-state index contributed by atoms with van der Waals surface area (Å²) in [5.41, 5.74) is 3.38. The molecule has 31 heavy (non-hydrogen) atoms. The molecular formula is C24H28N4O2S. The van der Waals surface area contributed by atoms with Gasteiger partial charge in [0.1, 0.15) is 17.3 Å². The third-order valence-electron chi connectivity index (χ3n) is 6.28. The Morgan fingerprint density at radius 1 is 1.06 bits per heavy atom. The Morgan fingerprint density at radius 2 is 1.81 bits per heavy atom. The average Bonchev–Trinajstić information content (AvgIpc) is 3.17. The number of carbonyl (C=O) groups is 1. The molecule has 5 rings (SSSR count). The van der Waals surface area contributed by atoms with Crippen molar-refractivity contribution in [1.82, 2.24) is 14.9 Å². The van der Waals surface area contributed by atoms with Gasteiger partial charge in [-0.2, -0.15) is 0 Å². The van der Waals surface area contributed by atoms with Crippen molar-refractivity contribution in [2.24, 2.45) is 0 Å². The number of anilines is 1. The van der Waals surface area contributed by atoms with Crippen LogP contribution in [0, 0.1) is 6.92 Å². The molecule has 0 N–H and O–H groups in total. The molecule has 3 aromatic rings. The number of hydrogen-bond donors (Lipinski definition) is 0. The Bertz CT molecular complexity index is 1100. The summed E-state index contributed by atoms with van der Waals surface area (Å²) < 4.78 is 5.34. The van der Waals surface area contributed by atoms with Crippen LogP contribution in [0.2, 0.25) is 0 Å². The zero-order chi connectivity index (χ0) is 21.4. The van der Waals surface area contributed by atoms with Crippen molar-refractivity contribution in [3.8, 4) is 0 Å². The third-order valence-corrected chi connectivity index (χ3v) is 7.47. The van der Waals surface area contributed by atoms with Crippen LogP contribution in [0.25, 0.3) is 10.2 Å². The van der Waals surface area contributed by atoms with Crippen LogP contribution in [-0.4, -0.2) is 54.1 Å². The summed E-state index contributed by atoms with van der Waals surface area (Å²) in [4.78, 5) is 29.5. The first kappa shape index (κ1) is 20.4. The number of fused-ring (bicyclic) bond motifs is 3. The lowest BCUT2D eigenvalue weighted by atomic mass is 9.97. The predicted molar refractivity (Wildman–Crippen MR) is 124 cm³/mol. The number of rotatable bonds is 4. The Labute approximate surface area is 186 Å². The lowest BCUT2D eigenvalue weighted by Gasteiger charge is -2.36. The zero-order valence-electron chi connectivity index (χ0n) is 18.2. The smallest absolute Gasteiger partial charge is 0.253 e. The normalized spacial score (nSPS) is 16.6. The molecule has 0 bridgehead atoms. The lowest BCUT2D eigenvalue weighted by molar-refractivity contribution is 0.0746. The fraction of sp³-hybridized carbons (Fsp3) is 0.458. The highest BCUT2D eigenvalue weighted by Crippen LogP contribution is 2.40. The Balaban J connectivity index is 1.41. The largest absolute Gasteiger partial charge is 0.377 e. The molecule has 3 heterocycles. The number of aryl methyl sites for hydroxylation is 3. The number of benzene rings is 1. The molecule has 1 aromatic carbocycles. The van der Waals surface area contributed by atoms with Crippen molar-refractivity contribution >= 4 is 33.3 Å². The summed E-state index contributed by atoms with van der Waals surface area (Å²) >= 11 is 1.82. The van der Waals surface area contributed by atoms with Crippen molar-refractivity contribution in [3.05, 3.63) is 51.7 Å². The maximum Gasteiger partial charge on any atom is 0.253 e. The molecule has 2 aliphatic rings. The second-order valence-corrected chi connectivity index (χ2v) is 9.52. The predicted octanol–water partition coefficient (Wildman–Crippen LogP) is 3.99. The minimum atomic E-state index is 0.112. The molecule has 7 heteroatoms. The van der Waals surface area contributed by atoms with Crippen LogP contribution < -0.4 is 4.90 Å². The molecule has 0 radical (unpaired) electrons. The minimum Gasteiger partial charge on any atom is -0.377 e. The number of ether oxygens (including phenoxy) is 1. The summed E-state index contributed by atoms with van der Waals surface area (Å²) in [6.45, 7) is 5.41. The highest BCUT2D eigenvalue weighted by atomic mass is 32.1. The Kier molecular flexibility index (Phi) is 5.63. The summed E-state index contributed by atoms with van der Waals surface area (Å²) in [5, 5.41) is 1.23. The van der Waals surface area contributed by atoms with Gasteiger partial charge in [0.05, 0.1) is 5.39 Å². The second-order valence-electron chi connectivity index (χ2n) is 8.43. The minimum absolute atomic E-state index is 0.112. The van der Waals surface area contributed by atoms with Gasteiger partial charge < -0.3 is 14.5 Å². The number of amides is 1. The first-order chi connectivity index (χ1) is 15.1. The topological polar surface area (TPSA) is 58.6 Å². The number of piperazine rings is 1. The highest BCUT2D eigenvalue weighted by molar-refractivity contribution is 7.19. The van der Waals surface area contributed by atoms with E-state index in [0.717, 1.165) is 48.0 Å². The maximum absolute atomic E-state index is 12.9. The monoisotopic (exact) mass is 436 g/mol. The van der Waals surface area contributed by atoms with Gasteiger partial charge in [-0.05, 0) is 50.3 Å². The van der Waals surface area contributed by atoms with Crippen molar-refractivity contribution in [3.63, 3.8) is 0 Å². The molecule has 1 saturated heterocycles. The third kappa shape index (κ3) is 3.92.